The van der Waals surface area contributed by atoms with Crippen molar-refractivity contribution in [2.24, 2.45) is 5.92 Å². The number of nitrogens with zero attached hydrogens (tertiary/aromatic N) is 1. The second-order valence-corrected chi connectivity index (χ2v) is 6.18. The van der Waals surface area contributed by atoms with Crippen LogP contribution in [-0.2, 0) is 9.59 Å². The van der Waals surface area contributed by atoms with Crippen LogP contribution < -0.4 is 5.32 Å². The number of amides is 2. The lowest BCUT2D eigenvalue weighted by atomic mass is 9.82. The summed E-state index contributed by atoms with van der Waals surface area (Å²) in [6.45, 7) is 6.01. The minimum absolute atomic E-state index is 0.0265. The smallest absolute Gasteiger partial charge is 0.247 e. The second kappa shape index (κ2) is 6.04. The SMILES string of the molecule is CCC1CCCCC1NC1CC(=O)N(C(C)C)C1=O. The minimum atomic E-state index is -0.285. The van der Waals surface area contributed by atoms with Crippen LogP contribution in [0.2, 0.25) is 0 Å². The number of carbonyl (C=O) groups excluding carboxylic acids is 2. The molecule has 4 heteroatoms. The van der Waals surface area contributed by atoms with Gasteiger partial charge in [0.1, 0.15) is 0 Å². The number of imide groups is 1. The number of rotatable bonds is 4. The van der Waals surface area contributed by atoms with Crippen molar-refractivity contribution in [2.75, 3.05) is 0 Å². The molecule has 2 aliphatic rings. The summed E-state index contributed by atoms with van der Waals surface area (Å²) < 4.78 is 0. The van der Waals surface area contributed by atoms with Gasteiger partial charge in [-0.05, 0) is 32.6 Å². The molecule has 0 aromatic carbocycles. The molecular formula is C15H26N2O2. The zero-order valence-electron chi connectivity index (χ0n) is 12.3. The van der Waals surface area contributed by atoms with Crippen LogP contribution in [0.25, 0.3) is 0 Å². The highest BCUT2D eigenvalue weighted by Crippen LogP contribution is 2.28. The summed E-state index contributed by atoms with van der Waals surface area (Å²) in [7, 11) is 0. The molecule has 0 spiro atoms. The van der Waals surface area contributed by atoms with Crippen molar-refractivity contribution < 1.29 is 9.59 Å². The fourth-order valence-electron chi connectivity index (χ4n) is 3.50. The fourth-order valence-corrected chi connectivity index (χ4v) is 3.50. The first kappa shape index (κ1) is 14.5. The van der Waals surface area contributed by atoms with Gasteiger partial charge >= 0.3 is 0 Å². The van der Waals surface area contributed by atoms with Gasteiger partial charge in [0.2, 0.25) is 11.8 Å². The van der Waals surface area contributed by atoms with E-state index in [-0.39, 0.29) is 23.9 Å². The Morgan fingerprint density at radius 1 is 1.26 bits per heavy atom. The molecule has 2 amide bonds. The summed E-state index contributed by atoms with van der Waals surface area (Å²) in [5.74, 6) is 0.603. The Morgan fingerprint density at radius 3 is 2.53 bits per heavy atom. The summed E-state index contributed by atoms with van der Waals surface area (Å²) in [5, 5.41) is 3.47. The summed E-state index contributed by atoms with van der Waals surface area (Å²) in [4.78, 5) is 25.6. The Morgan fingerprint density at radius 2 is 1.95 bits per heavy atom. The lowest BCUT2D eigenvalue weighted by Gasteiger charge is -2.33. The molecule has 1 aliphatic carbocycles. The number of hydrogen-bond donors (Lipinski definition) is 1. The molecule has 0 bridgehead atoms. The molecule has 1 saturated heterocycles. The third kappa shape index (κ3) is 2.99. The van der Waals surface area contributed by atoms with E-state index in [1.54, 1.807) is 0 Å². The first-order valence-corrected chi connectivity index (χ1v) is 7.66. The van der Waals surface area contributed by atoms with Crippen LogP contribution in [0.1, 0.15) is 59.3 Å². The highest BCUT2D eigenvalue weighted by atomic mass is 16.2. The highest BCUT2D eigenvalue weighted by molar-refractivity contribution is 6.05. The van der Waals surface area contributed by atoms with E-state index in [4.69, 9.17) is 0 Å². The molecule has 4 nitrogen and oxygen atoms in total. The van der Waals surface area contributed by atoms with Gasteiger partial charge in [-0.1, -0.05) is 26.2 Å². The Balaban J connectivity index is 1.99. The Bertz CT molecular complexity index is 354. The van der Waals surface area contributed by atoms with Gasteiger partial charge in [0.25, 0.3) is 0 Å². The van der Waals surface area contributed by atoms with Crippen LogP contribution in [0.3, 0.4) is 0 Å². The van der Waals surface area contributed by atoms with Crippen molar-refractivity contribution in [1.29, 1.82) is 0 Å². The van der Waals surface area contributed by atoms with Crippen LogP contribution in [0.5, 0.6) is 0 Å². The zero-order valence-corrected chi connectivity index (χ0v) is 12.3. The molecule has 0 aromatic rings. The van der Waals surface area contributed by atoms with E-state index >= 15 is 0 Å². The summed E-state index contributed by atoms with van der Waals surface area (Å²) in [6, 6.07) is 0.0970. The predicted octanol–water partition coefficient (Wildman–Crippen LogP) is 2.08. The van der Waals surface area contributed by atoms with Gasteiger partial charge in [0.15, 0.2) is 0 Å². The second-order valence-electron chi connectivity index (χ2n) is 6.18. The topological polar surface area (TPSA) is 49.4 Å². The molecule has 0 aromatic heterocycles. The molecular weight excluding hydrogens is 240 g/mol. The van der Waals surface area contributed by atoms with Gasteiger partial charge < -0.3 is 5.32 Å². The first-order valence-electron chi connectivity index (χ1n) is 7.66. The van der Waals surface area contributed by atoms with E-state index in [0.717, 1.165) is 12.8 Å². The van der Waals surface area contributed by atoms with Crippen LogP contribution >= 0.6 is 0 Å². The van der Waals surface area contributed by atoms with Gasteiger partial charge in [-0.3, -0.25) is 14.5 Å². The van der Waals surface area contributed by atoms with Gasteiger partial charge in [0, 0.05) is 12.1 Å². The molecule has 0 radical (unpaired) electrons. The third-order valence-corrected chi connectivity index (χ3v) is 4.55. The molecule has 3 atom stereocenters. The van der Waals surface area contributed by atoms with Crippen molar-refractivity contribution in [3.05, 3.63) is 0 Å². The molecule has 3 unspecified atom stereocenters. The van der Waals surface area contributed by atoms with Crippen molar-refractivity contribution in [1.82, 2.24) is 10.2 Å². The van der Waals surface area contributed by atoms with E-state index in [0.29, 0.717) is 18.4 Å². The quantitative estimate of drug-likeness (QED) is 0.793. The van der Waals surface area contributed by atoms with Crippen LogP contribution in [0.4, 0.5) is 0 Å². The van der Waals surface area contributed by atoms with Crippen LogP contribution in [0, 0.1) is 5.92 Å². The molecule has 108 valence electrons. The van der Waals surface area contributed by atoms with Crippen LogP contribution in [0.15, 0.2) is 0 Å². The summed E-state index contributed by atoms with van der Waals surface area (Å²) in [5.41, 5.74) is 0. The number of likely N-dealkylation sites (tertiary alicyclic amines) is 1. The van der Waals surface area contributed by atoms with E-state index in [9.17, 15) is 9.59 Å². The summed E-state index contributed by atoms with van der Waals surface area (Å²) in [6.07, 6.45) is 6.41. The van der Waals surface area contributed by atoms with Gasteiger partial charge in [-0.2, -0.15) is 0 Å². The molecule has 2 rings (SSSR count). The van der Waals surface area contributed by atoms with Gasteiger partial charge in [-0.25, -0.2) is 0 Å². The van der Waals surface area contributed by atoms with Gasteiger partial charge in [-0.15, -0.1) is 0 Å². The molecule has 1 saturated carbocycles. The van der Waals surface area contributed by atoms with E-state index in [1.165, 1.54) is 24.2 Å². The fraction of sp³-hybridized carbons (Fsp3) is 0.867. The third-order valence-electron chi connectivity index (χ3n) is 4.55. The monoisotopic (exact) mass is 266 g/mol. The number of carbonyl (C=O) groups is 2. The first-order chi connectivity index (χ1) is 9.04. The zero-order chi connectivity index (χ0) is 14.0. The van der Waals surface area contributed by atoms with Crippen LogP contribution in [-0.4, -0.2) is 34.8 Å². The highest BCUT2D eigenvalue weighted by Gasteiger charge is 2.41. The van der Waals surface area contributed by atoms with E-state index in [2.05, 4.69) is 12.2 Å². The van der Waals surface area contributed by atoms with E-state index in [1.807, 2.05) is 13.8 Å². The standard InChI is InChI=1S/C15H26N2O2/c1-4-11-7-5-6-8-12(11)16-13-9-14(18)17(10(2)3)15(13)19/h10-13,16H,4-9H2,1-3H3. The average molecular weight is 266 g/mol. The lowest BCUT2D eigenvalue weighted by molar-refractivity contribution is -0.140. The number of nitrogens with one attached hydrogen (secondary N) is 1. The Hall–Kier alpha value is -0.900. The minimum Gasteiger partial charge on any atom is -0.302 e. The van der Waals surface area contributed by atoms with Gasteiger partial charge in [0.05, 0.1) is 12.5 Å². The molecule has 2 fully saturated rings. The predicted molar refractivity (Wildman–Crippen MR) is 74.6 cm³/mol. The molecule has 1 N–H and O–H groups in total. The van der Waals surface area contributed by atoms with Crippen molar-refractivity contribution in [3.8, 4) is 0 Å². The molecule has 1 aliphatic heterocycles. The van der Waals surface area contributed by atoms with E-state index < -0.39 is 0 Å². The van der Waals surface area contributed by atoms with Crippen molar-refractivity contribution in [2.45, 2.75) is 77.4 Å². The largest absolute Gasteiger partial charge is 0.302 e. The van der Waals surface area contributed by atoms with Crippen molar-refractivity contribution in [3.63, 3.8) is 0 Å². The molecule has 1 heterocycles. The average Bonchev–Trinajstić information content (AvgIpc) is 2.65. The maximum Gasteiger partial charge on any atom is 0.247 e. The Labute approximate surface area is 115 Å². The van der Waals surface area contributed by atoms with Crippen molar-refractivity contribution >= 4 is 11.8 Å². The normalized spacial score (nSPS) is 32.4. The molecule has 19 heavy (non-hydrogen) atoms. The summed E-state index contributed by atoms with van der Waals surface area (Å²) >= 11 is 0. The lowest BCUT2D eigenvalue weighted by Crippen LogP contribution is -2.48. The maximum absolute atomic E-state index is 12.3. The maximum atomic E-state index is 12.3. The number of hydrogen-bond acceptors (Lipinski definition) is 3. The Kier molecular flexibility index (Phi) is 4.61.